The fourth-order valence-corrected chi connectivity index (χ4v) is 7.52. The van der Waals surface area contributed by atoms with Crippen molar-refractivity contribution in [3.8, 4) is 11.8 Å². The highest BCUT2D eigenvalue weighted by atomic mass is 31.3. The Kier molecular flexibility index (Phi) is 10.3. The molecule has 1 aromatic heterocycles. The lowest BCUT2D eigenvalue weighted by atomic mass is 10.1. The van der Waals surface area contributed by atoms with E-state index in [4.69, 9.17) is 4.74 Å². The van der Waals surface area contributed by atoms with Crippen molar-refractivity contribution in [2.75, 3.05) is 11.7 Å². The van der Waals surface area contributed by atoms with E-state index < -0.39 is 65.8 Å². The minimum absolute atomic E-state index is 0.00859. The summed E-state index contributed by atoms with van der Waals surface area (Å²) < 4.78 is 55.5. The predicted molar refractivity (Wildman–Crippen MR) is 152 cm³/mol. The van der Waals surface area contributed by atoms with Crippen molar-refractivity contribution < 1.29 is 56.5 Å². The number of aliphatic hydroxyl groups is 2. The fourth-order valence-electron chi connectivity index (χ4n) is 3.81. The van der Waals surface area contributed by atoms with Gasteiger partial charge in [-0.05, 0) is 31.2 Å². The number of phosphoric acid groups is 2. The normalized spacial score (nSPS) is 23.9. The smallest absolute Gasteiger partial charge is 0.387 e. The van der Waals surface area contributed by atoms with Gasteiger partial charge in [0.2, 0.25) is 0 Å². The molecule has 3 aromatic rings. The average Bonchev–Trinajstić information content (AvgIpc) is 3.20. The molecule has 1 aliphatic heterocycles. The Morgan fingerprint density at radius 1 is 0.932 bits per heavy atom. The number of hydrogen-bond donors (Lipinski definition) is 7. The number of ether oxygens (including phenoxy) is 1. The molecule has 1 saturated heterocycles. The standard InChI is InChI=1S/C24H26N3O14P3/c1-15-7-9-16(10-8-15)11-12-17-13-27(24(31)25-22(17)30)23-21(29)20(28)19(39-23)14-38-43(34,35)41-44(36,37)40-42(32,33)26-18-5-3-2-4-6-18/h2-10,13,19-21,23,28-29H,14H2,1H3,(H,34,35)(H,36,37)(H,25,30,31)(H2,26,32,33)/t19-,20+,21?,23-/m1/s1. The van der Waals surface area contributed by atoms with Gasteiger partial charge in [-0.1, -0.05) is 47.7 Å². The molecular formula is C24H26N3O14P3. The van der Waals surface area contributed by atoms with Crippen molar-refractivity contribution >= 4 is 29.1 Å². The highest BCUT2D eigenvalue weighted by Crippen LogP contribution is 2.67. The van der Waals surface area contributed by atoms with E-state index in [2.05, 4.69) is 25.0 Å². The number of nitrogens with one attached hydrogen (secondary N) is 2. The third-order valence-corrected chi connectivity index (χ3v) is 10.2. The molecule has 4 rings (SSSR count). The van der Waals surface area contributed by atoms with Crippen LogP contribution in [-0.4, -0.2) is 59.4 Å². The maximum Gasteiger partial charge on any atom is 0.489 e. The lowest BCUT2D eigenvalue weighted by Crippen LogP contribution is -2.38. The van der Waals surface area contributed by atoms with Gasteiger partial charge >= 0.3 is 29.1 Å². The molecule has 7 atom stereocenters. The molecule has 0 spiro atoms. The molecule has 20 heteroatoms. The summed E-state index contributed by atoms with van der Waals surface area (Å²) in [6, 6.07) is 14.2. The summed E-state index contributed by atoms with van der Waals surface area (Å²) in [6.45, 7) is 0.824. The van der Waals surface area contributed by atoms with Crippen molar-refractivity contribution in [2.45, 2.75) is 31.5 Å². The summed E-state index contributed by atoms with van der Waals surface area (Å²) in [7, 11) is -16.4. The number of nitrogens with zero attached hydrogens (tertiary/aromatic N) is 1. The zero-order valence-electron chi connectivity index (χ0n) is 22.5. The molecule has 7 N–H and O–H groups in total. The van der Waals surface area contributed by atoms with E-state index in [0.29, 0.717) is 5.56 Å². The van der Waals surface area contributed by atoms with Gasteiger partial charge in [-0.2, -0.15) is 8.62 Å². The number of hydrogen-bond acceptors (Lipinski definition) is 11. The Labute approximate surface area is 248 Å². The first-order chi connectivity index (χ1) is 20.5. The van der Waals surface area contributed by atoms with E-state index >= 15 is 0 Å². The first kappa shape index (κ1) is 33.7. The second kappa shape index (κ2) is 13.4. The summed E-state index contributed by atoms with van der Waals surface area (Å²) in [5.74, 6) is 5.36. The lowest BCUT2D eigenvalue weighted by molar-refractivity contribution is -0.0542. The van der Waals surface area contributed by atoms with Gasteiger partial charge in [0.1, 0.15) is 23.9 Å². The highest BCUT2D eigenvalue weighted by molar-refractivity contribution is 7.68. The molecule has 236 valence electrons. The van der Waals surface area contributed by atoms with Gasteiger partial charge in [0.25, 0.3) is 5.56 Å². The van der Waals surface area contributed by atoms with E-state index in [1.54, 1.807) is 30.3 Å². The van der Waals surface area contributed by atoms with Crippen molar-refractivity contribution in [1.82, 2.24) is 9.55 Å². The van der Waals surface area contributed by atoms with Crippen molar-refractivity contribution in [2.24, 2.45) is 0 Å². The number of H-pyrrole nitrogens is 1. The van der Waals surface area contributed by atoms with Gasteiger partial charge in [-0.15, -0.1) is 0 Å². The van der Waals surface area contributed by atoms with Crippen LogP contribution in [0.3, 0.4) is 0 Å². The number of benzene rings is 2. The zero-order chi connectivity index (χ0) is 32.3. The van der Waals surface area contributed by atoms with Crippen LogP contribution in [0.4, 0.5) is 5.69 Å². The van der Waals surface area contributed by atoms with E-state index in [1.165, 1.54) is 24.3 Å². The number of para-hydroxylation sites is 1. The molecule has 2 heterocycles. The first-order valence-corrected chi connectivity index (χ1v) is 17.0. The summed E-state index contributed by atoms with van der Waals surface area (Å²) in [6.07, 6.45) is -5.95. The fraction of sp³-hybridized carbons (Fsp3) is 0.250. The zero-order valence-corrected chi connectivity index (χ0v) is 25.2. The van der Waals surface area contributed by atoms with Gasteiger partial charge in [0.15, 0.2) is 6.23 Å². The minimum atomic E-state index is -5.73. The molecule has 17 nitrogen and oxygen atoms in total. The van der Waals surface area contributed by atoms with Gasteiger partial charge in [0, 0.05) is 17.4 Å². The van der Waals surface area contributed by atoms with Crippen LogP contribution in [0.1, 0.15) is 22.9 Å². The van der Waals surface area contributed by atoms with E-state index in [-0.39, 0.29) is 11.3 Å². The Morgan fingerprint density at radius 3 is 2.25 bits per heavy atom. The molecule has 0 amide bonds. The molecule has 44 heavy (non-hydrogen) atoms. The molecule has 0 bridgehead atoms. The van der Waals surface area contributed by atoms with Gasteiger partial charge in [0.05, 0.1) is 6.61 Å². The van der Waals surface area contributed by atoms with Gasteiger partial charge < -0.3 is 29.6 Å². The quantitative estimate of drug-likeness (QED) is 0.118. The maximum atomic E-state index is 12.5. The summed E-state index contributed by atoms with van der Waals surface area (Å²) in [5, 5.41) is 22.8. The molecule has 2 aromatic carbocycles. The van der Waals surface area contributed by atoms with Crippen molar-refractivity contribution in [3.63, 3.8) is 0 Å². The highest BCUT2D eigenvalue weighted by Gasteiger charge is 2.47. The van der Waals surface area contributed by atoms with Gasteiger partial charge in [-0.25, -0.2) is 18.5 Å². The van der Waals surface area contributed by atoms with Crippen LogP contribution < -0.4 is 16.3 Å². The SMILES string of the molecule is Cc1ccc(C#Cc2cn([C@@H]3O[C@H](COP(=O)(O)OP(=O)(O)OP(=O)(O)Nc4ccccc4)[C@H](O)C3O)c(=O)[nH]c2=O)cc1. The summed E-state index contributed by atoms with van der Waals surface area (Å²) in [4.78, 5) is 56.3. The molecule has 0 saturated carbocycles. The number of rotatable bonds is 10. The average molecular weight is 673 g/mol. The number of aryl methyl sites for hydroxylation is 1. The molecule has 4 unspecified atom stereocenters. The Bertz CT molecular complexity index is 1820. The monoisotopic (exact) mass is 673 g/mol. The minimum Gasteiger partial charge on any atom is -0.387 e. The van der Waals surface area contributed by atoms with Crippen LogP contribution in [0.2, 0.25) is 0 Å². The van der Waals surface area contributed by atoms with Crippen LogP contribution >= 0.6 is 23.4 Å². The Morgan fingerprint density at radius 2 is 1.59 bits per heavy atom. The summed E-state index contributed by atoms with van der Waals surface area (Å²) in [5.41, 5.74) is -0.499. The topological polar surface area (TPSA) is 256 Å². The lowest BCUT2D eigenvalue weighted by Gasteiger charge is -2.20. The third-order valence-electron chi connectivity index (χ3n) is 5.84. The molecule has 0 aliphatic carbocycles. The number of aliphatic hydroxyl groups excluding tert-OH is 2. The number of phosphoric ester groups is 1. The second-order valence-electron chi connectivity index (χ2n) is 9.27. The second-order valence-corrected chi connectivity index (χ2v) is 14.0. The van der Waals surface area contributed by atoms with Gasteiger partial charge in [-0.3, -0.25) is 24.0 Å². The third kappa shape index (κ3) is 8.93. The van der Waals surface area contributed by atoms with E-state index in [1.807, 2.05) is 17.0 Å². The van der Waals surface area contributed by atoms with Crippen LogP contribution in [0.5, 0.6) is 0 Å². The molecule has 0 radical (unpaired) electrons. The van der Waals surface area contributed by atoms with E-state index in [9.17, 15) is 48.2 Å². The maximum absolute atomic E-state index is 12.5. The molecular weight excluding hydrogens is 647 g/mol. The number of aromatic nitrogens is 2. The van der Waals surface area contributed by atoms with Crippen molar-refractivity contribution in [1.29, 1.82) is 0 Å². The predicted octanol–water partition coefficient (Wildman–Crippen LogP) is 1.33. The molecule has 1 aliphatic rings. The van der Waals surface area contributed by atoms with Crippen molar-refractivity contribution in [3.05, 3.63) is 98.3 Å². The largest absolute Gasteiger partial charge is 0.489 e. The van der Waals surface area contributed by atoms with Crippen LogP contribution in [0.25, 0.3) is 0 Å². The van der Waals surface area contributed by atoms with Crippen LogP contribution in [-0.2, 0) is 31.6 Å². The Balaban J connectivity index is 1.42. The number of aromatic amines is 1. The van der Waals surface area contributed by atoms with Crippen LogP contribution in [0.15, 0.2) is 70.4 Å². The first-order valence-electron chi connectivity index (χ1n) is 12.4. The number of anilines is 1. The van der Waals surface area contributed by atoms with E-state index in [0.717, 1.165) is 16.3 Å². The van der Waals surface area contributed by atoms with Crippen LogP contribution in [0, 0.1) is 18.8 Å². The summed E-state index contributed by atoms with van der Waals surface area (Å²) >= 11 is 0. The Hall–Kier alpha value is -3.19. The molecule has 1 fully saturated rings.